The van der Waals surface area contributed by atoms with E-state index in [0.29, 0.717) is 11.1 Å². The number of carboxylic acid groups (broad SMARTS) is 1. The van der Waals surface area contributed by atoms with Gasteiger partial charge < -0.3 is 14.4 Å². The SMILES string of the molecule is CC(C)Cn1c(SCC(=O)O)nnc1C1CCOC1C. The van der Waals surface area contributed by atoms with E-state index in [-0.39, 0.29) is 17.8 Å². The minimum atomic E-state index is -0.840. The van der Waals surface area contributed by atoms with Crippen LogP contribution >= 0.6 is 11.8 Å². The fourth-order valence-electron chi connectivity index (χ4n) is 2.41. The highest BCUT2D eigenvalue weighted by Gasteiger charge is 2.31. The highest BCUT2D eigenvalue weighted by molar-refractivity contribution is 7.99. The molecule has 2 unspecified atom stereocenters. The Balaban J connectivity index is 2.24. The number of nitrogens with zero attached hydrogens (tertiary/aromatic N) is 3. The van der Waals surface area contributed by atoms with Crippen LogP contribution < -0.4 is 0 Å². The van der Waals surface area contributed by atoms with Crippen LogP contribution in [0.2, 0.25) is 0 Å². The smallest absolute Gasteiger partial charge is 0.313 e. The van der Waals surface area contributed by atoms with Gasteiger partial charge in [0.15, 0.2) is 5.16 Å². The Bertz CT molecular complexity index is 475. The molecule has 1 aromatic heterocycles. The van der Waals surface area contributed by atoms with E-state index in [4.69, 9.17) is 9.84 Å². The molecular formula is C13H21N3O3S. The molecule has 0 spiro atoms. The third-order valence-electron chi connectivity index (χ3n) is 3.33. The molecule has 1 aliphatic heterocycles. The number of rotatable bonds is 6. The van der Waals surface area contributed by atoms with Gasteiger partial charge in [0.1, 0.15) is 5.82 Å². The molecule has 0 aliphatic carbocycles. The number of ether oxygens (including phenoxy) is 1. The molecule has 1 N–H and O–H groups in total. The molecular weight excluding hydrogens is 278 g/mol. The fraction of sp³-hybridized carbons (Fsp3) is 0.769. The van der Waals surface area contributed by atoms with Crippen molar-refractivity contribution < 1.29 is 14.6 Å². The Labute approximate surface area is 122 Å². The summed E-state index contributed by atoms with van der Waals surface area (Å²) in [6, 6.07) is 0. The van der Waals surface area contributed by atoms with Crippen LogP contribution in [0.1, 0.15) is 38.9 Å². The van der Waals surface area contributed by atoms with E-state index in [2.05, 4.69) is 35.5 Å². The number of hydrogen-bond donors (Lipinski definition) is 1. The van der Waals surface area contributed by atoms with Crippen LogP contribution in [0.4, 0.5) is 0 Å². The second-order valence-corrected chi connectivity index (χ2v) is 6.44. The maximum Gasteiger partial charge on any atom is 0.313 e. The van der Waals surface area contributed by atoms with Crippen LogP contribution in [0.15, 0.2) is 5.16 Å². The van der Waals surface area contributed by atoms with Gasteiger partial charge in [0.25, 0.3) is 0 Å². The Morgan fingerprint density at radius 2 is 2.30 bits per heavy atom. The van der Waals surface area contributed by atoms with Gasteiger partial charge in [-0.05, 0) is 19.3 Å². The van der Waals surface area contributed by atoms with Gasteiger partial charge in [0.2, 0.25) is 0 Å². The van der Waals surface area contributed by atoms with Crippen molar-refractivity contribution in [1.82, 2.24) is 14.8 Å². The summed E-state index contributed by atoms with van der Waals surface area (Å²) in [7, 11) is 0. The molecule has 2 rings (SSSR count). The molecule has 0 radical (unpaired) electrons. The maximum absolute atomic E-state index is 10.7. The predicted molar refractivity (Wildman–Crippen MR) is 76.0 cm³/mol. The van der Waals surface area contributed by atoms with Gasteiger partial charge in [-0.15, -0.1) is 10.2 Å². The summed E-state index contributed by atoms with van der Waals surface area (Å²) in [5.74, 6) is 0.796. The summed E-state index contributed by atoms with van der Waals surface area (Å²) in [6.07, 6.45) is 1.09. The second-order valence-electron chi connectivity index (χ2n) is 5.50. The molecule has 1 aromatic rings. The first-order valence-electron chi connectivity index (χ1n) is 6.88. The highest BCUT2D eigenvalue weighted by Crippen LogP contribution is 2.32. The van der Waals surface area contributed by atoms with Gasteiger partial charge in [-0.1, -0.05) is 25.6 Å². The predicted octanol–water partition coefficient (Wildman–Crippen LogP) is 2.00. The Morgan fingerprint density at radius 3 is 2.85 bits per heavy atom. The molecule has 2 atom stereocenters. The lowest BCUT2D eigenvalue weighted by Crippen LogP contribution is -2.18. The Hall–Kier alpha value is -1.08. The quantitative estimate of drug-likeness (QED) is 0.810. The van der Waals surface area contributed by atoms with E-state index in [1.54, 1.807) is 0 Å². The van der Waals surface area contributed by atoms with Crippen molar-refractivity contribution in [2.24, 2.45) is 5.92 Å². The van der Waals surface area contributed by atoms with Crippen molar-refractivity contribution >= 4 is 17.7 Å². The van der Waals surface area contributed by atoms with Crippen molar-refractivity contribution in [2.75, 3.05) is 12.4 Å². The zero-order chi connectivity index (χ0) is 14.7. The second kappa shape index (κ2) is 6.58. The van der Waals surface area contributed by atoms with E-state index in [9.17, 15) is 4.79 Å². The largest absolute Gasteiger partial charge is 0.481 e. The lowest BCUT2D eigenvalue weighted by molar-refractivity contribution is -0.133. The minimum Gasteiger partial charge on any atom is -0.481 e. The minimum absolute atomic E-state index is 0.00689. The fourth-order valence-corrected chi connectivity index (χ4v) is 3.09. The van der Waals surface area contributed by atoms with Crippen molar-refractivity contribution in [3.05, 3.63) is 5.82 Å². The van der Waals surface area contributed by atoms with Gasteiger partial charge in [0.05, 0.1) is 11.9 Å². The standard InChI is InChI=1S/C13H21N3O3S/c1-8(2)6-16-12(10-4-5-19-9(10)3)14-15-13(16)20-7-11(17)18/h8-10H,4-7H2,1-3H3,(H,17,18). The Kier molecular flexibility index (Phi) is 5.04. The molecule has 7 heteroatoms. The van der Waals surface area contributed by atoms with E-state index >= 15 is 0 Å². The van der Waals surface area contributed by atoms with Gasteiger partial charge in [-0.3, -0.25) is 4.79 Å². The van der Waals surface area contributed by atoms with E-state index in [0.717, 1.165) is 25.4 Å². The number of aliphatic carboxylic acids is 1. The summed E-state index contributed by atoms with van der Waals surface area (Å²) in [5.41, 5.74) is 0. The van der Waals surface area contributed by atoms with Crippen LogP contribution in [0.25, 0.3) is 0 Å². The molecule has 6 nitrogen and oxygen atoms in total. The summed E-state index contributed by atoms with van der Waals surface area (Å²) < 4.78 is 7.67. The molecule has 2 heterocycles. The molecule has 0 amide bonds. The molecule has 0 aromatic carbocycles. The number of carbonyl (C=O) groups is 1. The topological polar surface area (TPSA) is 77.2 Å². The van der Waals surface area contributed by atoms with Crippen molar-refractivity contribution in [3.8, 4) is 0 Å². The van der Waals surface area contributed by atoms with Gasteiger partial charge >= 0.3 is 5.97 Å². The molecule has 1 saturated heterocycles. The maximum atomic E-state index is 10.7. The van der Waals surface area contributed by atoms with E-state index < -0.39 is 5.97 Å². The molecule has 112 valence electrons. The highest BCUT2D eigenvalue weighted by atomic mass is 32.2. The lowest BCUT2D eigenvalue weighted by atomic mass is 10.0. The monoisotopic (exact) mass is 299 g/mol. The molecule has 20 heavy (non-hydrogen) atoms. The molecule has 0 bridgehead atoms. The van der Waals surface area contributed by atoms with Crippen LogP contribution in [-0.2, 0) is 16.1 Å². The third-order valence-corrected chi connectivity index (χ3v) is 4.28. The van der Waals surface area contributed by atoms with Crippen molar-refractivity contribution in [1.29, 1.82) is 0 Å². The van der Waals surface area contributed by atoms with Crippen molar-refractivity contribution in [3.63, 3.8) is 0 Å². The summed E-state index contributed by atoms with van der Waals surface area (Å²) in [4.78, 5) is 10.7. The normalized spacial score (nSPS) is 22.6. The average molecular weight is 299 g/mol. The van der Waals surface area contributed by atoms with Gasteiger partial charge in [-0.25, -0.2) is 0 Å². The zero-order valence-corrected chi connectivity index (χ0v) is 12.9. The first-order chi connectivity index (χ1) is 9.49. The zero-order valence-electron chi connectivity index (χ0n) is 12.1. The van der Waals surface area contributed by atoms with E-state index in [1.807, 2.05) is 0 Å². The first kappa shape index (κ1) is 15.3. The first-order valence-corrected chi connectivity index (χ1v) is 7.87. The Morgan fingerprint density at radius 1 is 1.55 bits per heavy atom. The lowest BCUT2D eigenvalue weighted by Gasteiger charge is -2.17. The van der Waals surface area contributed by atoms with Crippen LogP contribution in [0.5, 0.6) is 0 Å². The summed E-state index contributed by atoms with van der Waals surface area (Å²) in [6.45, 7) is 7.86. The number of aromatic nitrogens is 3. The molecule has 1 fully saturated rings. The summed E-state index contributed by atoms with van der Waals surface area (Å²) in [5, 5.41) is 18.0. The van der Waals surface area contributed by atoms with Crippen molar-refractivity contribution in [2.45, 2.75) is 50.9 Å². The number of thioether (sulfide) groups is 1. The molecule has 0 saturated carbocycles. The van der Waals surface area contributed by atoms with Crippen LogP contribution in [0, 0.1) is 5.92 Å². The summed E-state index contributed by atoms with van der Waals surface area (Å²) >= 11 is 1.23. The third kappa shape index (κ3) is 3.52. The van der Waals surface area contributed by atoms with Gasteiger partial charge in [-0.2, -0.15) is 0 Å². The van der Waals surface area contributed by atoms with E-state index in [1.165, 1.54) is 11.8 Å². The number of carboxylic acids is 1. The number of hydrogen-bond acceptors (Lipinski definition) is 5. The van der Waals surface area contributed by atoms with Gasteiger partial charge in [0, 0.05) is 19.1 Å². The average Bonchev–Trinajstić information content (AvgIpc) is 2.92. The molecule has 1 aliphatic rings. The van der Waals surface area contributed by atoms with Crippen LogP contribution in [-0.4, -0.2) is 44.3 Å². The van der Waals surface area contributed by atoms with Crippen LogP contribution in [0.3, 0.4) is 0 Å².